The summed E-state index contributed by atoms with van der Waals surface area (Å²) in [7, 11) is 0. The van der Waals surface area contributed by atoms with E-state index in [0.717, 1.165) is 11.8 Å². The van der Waals surface area contributed by atoms with Crippen molar-refractivity contribution in [2.75, 3.05) is 16.8 Å². The number of aliphatic hydroxyl groups is 1. The molecule has 0 saturated carbocycles. The molecule has 0 radical (unpaired) electrons. The van der Waals surface area contributed by atoms with Crippen molar-refractivity contribution >= 4 is 81.5 Å². The first-order valence-electron chi connectivity index (χ1n) is 11.3. The van der Waals surface area contributed by atoms with Crippen LogP contribution in [0.3, 0.4) is 0 Å². The Labute approximate surface area is 230 Å². The van der Waals surface area contributed by atoms with Crippen LogP contribution in [0, 0.1) is 11.8 Å². The summed E-state index contributed by atoms with van der Waals surface area (Å²) in [5.41, 5.74) is -1.11. The molecule has 0 aliphatic carbocycles. The van der Waals surface area contributed by atoms with Crippen LogP contribution in [0.15, 0.2) is 24.3 Å². The van der Waals surface area contributed by atoms with Crippen LogP contribution in [0.25, 0.3) is 0 Å². The predicted molar refractivity (Wildman–Crippen MR) is 135 cm³/mol. The van der Waals surface area contributed by atoms with Crippen molar-refractivity contribution in [2.45, 2.75) is 31.0 Å². The van der Waals surface area contributed by atoms with Gasteiger partial charge in [-0.15, -0.1) is 0 Å². The first-order chi connectivity index (χ1) is 17.5. The fraction of sp³-hybridized carbons (Fsp3) is 0.333. The monoisotopic (exact) mass is 583 g/mol. The third-order valence-electron chi connectivity index (χ3n) is 7.52. The van der Waals surface area contributed by atoms with E-state index < -0.39 is 53.2 Å². The van der Waals surface area contributed by atoms with Gasteiger partial charge in [0.15, 0.2) is 5.75 Å². The number of hydrogen-bond donors (Lipinski definition) is 2. The average molecular weight is 585 g/mol. The van der Waals surface area contributed by atoms with Crippen molar-refractivity contribution in [3.8, 4) is 5.75 Å². The van der Waals surface area contributed by atoms with Crippen molar-refractivity contribution in [3.05, 3.63) is 49.9 Å². The second kappa shape index (κ2) is 8.30. The summed E-state index contributed by atoms with van der Waals surface area (Å²) in [6.07, 6.45) is -0.664. The topological polar surface area (TPSA) is 116 Å². The number of aliphatic hydroxyl groups excluding tert-OH is 1. The van der Waals surface area contributed by atoms with Gasteiger partial charge in [-0.2, -0.15) is 0 Å². The Morgan fingerprint density at radius 2 is 1.73 bits per heavy atom. The molecule has 4 aliphatic rings. The molecule has 4 aliphatic heterocycles. The lowest BCUT2D eigenvalue weighted by atomic mass is 9.75. The molecule has 5 atom stereocenters. The van der Waals surface area contributed by atoms with Gasteiger partial charge in [0.05, 0.1) is 39.4 Å². The van der Waals surface area contributed by atoms with Crippen LogP contribution in [0.4, 0.5) is 11.4 Å². The third kappa shape index (κ3) is 3.25. The molecule has 2 N–H and O–H groups in total. The highest BCUT2D eigenvalue weighted by Crippen LogP contribution is 2.62. The van der Waals surface area contributed by atoms with E-state index in [0.29, 0.717) is 11.3 Å². The molecule has 0 bridgehead atoms. The van der Waals surface area contributed by atoms with Crippen LogP contribution in [0.5, 0.6) is 5.75 Å². The number of fused-ring (bicyclic) bond motifs is 7. The molecule has 9 nitrogen and oxygen atoms in total. The van der Waals surface area contributed by atoms with Gasteiger partial charge in [-0.1, -0.05) is 46.4 Å². The predicted octanol–water partition coefficient (Wildman–Crippen LogP) is 3.63. The lowest BCUT2D eigenvalue weighted by Crippen LogP contribution is -2.54. The van der Waals surface area contributed by atoms with Crippen LogP contribution in [-0.2, 0) is 24.7 Å². The van der Waals surface area contributed by atoms with Crippen LogP contribution in [0.2, 0.25) is 20.1 Å². The SMILES string of the molecule is CC(=O)Oc1c(Cl)cc(Cl)cc1N1C(=O)C2C3C[C@H](O)CN3C3(C(=O)Nc4c(Cl)cc(Cl)cc43)C2C1=O. The Bertz CT molecular complexity index is 1450. The minimum atomic E-state index is -1.65. The summed E-state index contributed by atoms with van der Waals surface area (Å²) in [6, 6.07) is 5.00. The van der Waals surface area contributed by atoms with E-state index in [1.807, 2.05) is 0 Å². The third-order valence-corrected chi connectivity index (χ3v) is 8.53. The molecule has 3 saturated heterocycles. The normalized spacial score (nSPS) is 30.1. The zero-order valence-corrected chi connectivity index (χ0v) is 22.0. The number of esters is 1. The number of nitrogens with zero attached hydrogens (tertiary/aromatic N) is 2. The van der Waals surface area contributed by atoms with E-state index >= 15 is 0 Å². The number of imide groups is 1. The zero-order valence-electron chi connectivity index (χ0n) is 18.9. The standard InChI is InChI=1S/C24H17Cl4N3O6/c1-8(32)37-20-14(28)4-10(26)5-16(20)31-21(34)17-15-6-11(33)7-30(15)24(18(17)22(31)35)12-2-9(25)3-13(27)19(12)29-23(24)36/h2-5,11,15,17-18,33H,6-7H2,1H3,(H,29,36)/t11-,15?,17?,18?,24?/m0/s1. The Balaban J connectivity index is 1.58. The molecule has 192 valence electrons. The maximum atomic E-state index is 14.2. The van der Waals surface area contributed by atoms with Crippen molar-refractivity contribution in [1.29, 1.82) is 0 Å². The fourth-order valence-electron chi connectivity index (χ4n) is 6.41. The number of benzene rings is 2. The molecule has 4 heterocycles. The van der Waals surface area contributed by atoms with Crippen LogP contribution >= 0.6 is 46.4 Å². The van der Waals surface area contributed by atoms with Crippen LogP contribution in [-0.4, -0.2) is 52.4 Å². The highest BCUT2D eigenvalue weighted by molar-refractivity contribution is 6.39. The number of carbonyl (C=O) groups excluding carboxylic acids is 4. The minimum absolute atomic E-state index is 0.0664. The number of hydrogen-bond acceptors (Lipinski definition) is 7. The number of nitrogens with one attached hydrogen (secondary N) is 1. The highest BCUT2D eigenvalue weighted by Gasteiger charge is 2.75. The summed E-state index contributed by atoms with van der Waals surface area (Å²) in [5, 5.41) is 13.8. The van der Waals surface area contributed by atoms with E-state index in [2.05, 4.69) is 5.32 Å². The van der Waals surface area contributed by atoms with Gasteiger partial charge in [-0.25, -0.2) is 4.90 Å². The van der Waals surface area contributed by atoms with E-state index in [4.69, 9.17) is 51.1 Å². The lowest BCUT2D eigenvalue weighted by molar-refractivity contribution is -0.135. The zero-order chi connectivity index (χ0) is 26.5. The molecule has 0 aromatic heterocycles. The Morgan fingerprint density at radius 1 is 1.05 bits per heavy atom. The summed E-state index contributed by atoms with van der Waals surface area (Å²) >= 11 is 25.2. The van der Waals surface area contributed by atoms with Crippen molar-refractivity contribution in [3.63, 3.8) is 0 Å². The quantitative estimate of drug-likeness (QED) is 0.314. The maximum Gasteiger partial charge on any atom is 0.308 e. The fourth-order valence-corrected chi connectivity index (χ4v) is 7.47. The number of rotatable bonds is 2. The average Bonchev–Trinajstić information content (AvgIpc) is 3.46. The molecule has 37 heavy (non-hydrogen) atoms. The molecule has 2 aromatic rings. The highest BCUT2D eigenvalue weighted by atomic mass is 35.5. The number of amides is 3. The van der Waals surface area contributed by atoms with Crippen LogP contribution in [0.1, 0.15) is 18.9 Å². The largest absolute Gasteiger partial charge is 0.423 e. The first-order valence-corrected chi connectivity index (χ1v) is 12.8. The molecule has 3 fully saturated rings. The molecule has 13 heteroatoms. The smallest absolute Gasteiger partial charge is 0.308 e. The van der Waals surface area contributed by atoms with Crippen molar-refractivity contribution < 1.29 is 29.0 Å². The van der Waals surface area contributed by atoms with E-state index in [1.165, 1.54) is 18.2 Å². The molecule has 1 spiro atoms. The molecule has 2 aromatic carbocycles. The van der Waals surface area contributed by atoms with Gasteiger partial charge in [0.1, 0.15) is 5.54 Å². The summed E-state index contributed by atoms with van der Waals surface area (Å²) in [5.74, 6) is -5.00. The van der Waals surface area contributed by atoms with Gasteiger partial charge >= 0.3 is 5.97 Å². The molecular weight excluding hydrogens is 568 g/mol. The Morgan fingerprint density at radius 3 is 2.43 bits per heavy atom. The first kappa shape index (κ1) is 24.9. The van der Waals surface area contributed by atoms with E-state index in [1.54, 1.807) is 11.0 Å². The number of ether oxygens (including phenoxy) is 1. The number of halogens is 4. The summed E-state index contributed by atoms with van der Waals surface area (Å²) in [4.78, 5) is 56.4. The van der Waals surface area contributed by atoms with Gasteiger partial charge in [-0.3, -0.25) is 24.1 Å². The van der Waals surface area contributed by atoms with Gasteiger partial charge in [0.25, 0.3) is 5.91 Å². The number of carbonyl (C=O) groups is 4. The molecule has 3 amide bonds. The van der Waals surface area contributed by atoms with Gasteiger partial charge in [0, 0.05) is 35.1 Å². The van der Waals surface area contributed by atoms with Gasteiger partial charge in [0.2, 0.25) is 11.8 Å². The van der Waals surface area contributed by atoms with E-state index in [9.17, 15) is 24.3 Å². The van der Waals surface area contributed by atoms with Crippen LogP contribution < -0.4 is 15.0 Å². The molecule has 4 unspecified atom stereocenters. The minimum Gasteiger partial charge on any atom is -0.423 e. The van der Waals surface area contributed by atoms with Gasteiger partial charge in [-0.05, 0) is 30.7 Å². The summed E-state index contributed by atoms with van der Waals surface area (Å²) < 4.78 is 5.25. The second-order valence-electron chi connectivity index (χ2n) is 9.48. The maximum absolute atomic E-state index is 14.2. The Hall–Kier alpha value is -2.40. The van der Waals surface area contributed by atoms with Gasteiger partial charge < -0.3 is 15.2 Å². The van der Waals surface area contributed by atoms with Crippen molar-refractivity contribution in [1.82, 2.24) is 4.90 Å². The summed E-state index contributed by atoms with van der Waals surface area (Å²) in [6.45, 7) is 1.22. The van der Waals surface area contributed by atoms with E-state index in [-0.39, 0.29) is 44.5 Å². The second-order valence-corrected chi connectivity index (χ2v) is 11.2. The Kier molecular flexibility index (Phi) is 5.59. The van der Waals surface area contributed by atoms with Crippen molar-refractivity contribution in [2.24, 2.45) is 11.8 Å². The number of anilines is 2. The molecule has 6 rings (SSSR count). The molecular formula is C24H17Cl4N3O6. The lowest BCUT2D eigenvalue weighted by Gasteiger charge is -2.36.